The number of hydrogen-bond acceptors (Lipinski definition) is 6. The highest BCUT2D eigenvalue weighted by Gasteiger charge is 2.17. The van der Waals surface area contributed by atoms with Crippen LogP contribution in [-0.2, 0) is 33.9 Å². The summed E-state index contributed by atoms with van der Waals surface area (Å²) in [4.78, 5) is 11.9. The maximum atomic E-state index is 11.9. The van der Waals surface area contributed by atoms with Crippen molar-refractivity contribution in [3.05, 3.63) is 52.9 Å². The second kappa shape index (κ2) is 9.13. The molecule has 26 heavy (non-hydrogen) atoms. The van der Waals surface area contributed by atoms with E-state index in [0.717, 1.165) is 18.6 Å². The number of nitrogens with zero attached hydrogens (tertiary/aromatic N) is 2. The summed E-state index contributed by atoms with van der Waals surface area (Å²) in [7, 11) is 0. The molecule has 0 bridgehead atoms. The molecule has 1 aliphatic heterocycles. The molecule has 1 aromatic heterocycles. The quantitative estimate of drug-likeness (QED) is 0.777. The minimum absolute atomic E-state index is 0.0738. The monoisotopic (exact) mass is 355 g/mol. The number of nitriles is 1. The Morgan fingerprint density at radius 1 is 1.35 bits per heavy atom. The molecule has 0 radical (unpaired) electrons. The molecule has 0 saturated carbocycles. The first-order valence-corrected chi connectivity index (χ1v) is 8.58. The maximum Gasteiger partial charge on any atom is 0.226 e. The lowest BCUT2D eigenvalue weighted by Gasteiger charge is -2.08. The number of benzene rings is 1. The minimum atomic E-state index is -0.0738. The van der Waals surface area contributed by atoms with Crippen LogP contribution in [0, 0.1) is 17.2 Å². The van der Waals surface area contributed by atoms with E-state index in [-0.39, 0.29) is 18.9 Å². The van der Waals surface area contributed by atoms with Crippen LogP contribution in [-0.4, -0.2) is 30.8 Å². The summed E-state index contributed by atoms with van der Waals surface area (Å²) in [5.41, 5.74) is 2.17. The van der Waals surface area contributed by atoms with Gasteiger partial charge in [0.2, 0.25) is 5.91 Å². The fraction of sp³-hybridized carbons (Fsp3) is 0.421. The summed E-state index contributed by atoms with van der Waals surface area (Å²) in [6.45, 7) is 2.80. The molecule has 1 fully saturated rings. The Morgan fingerprint density at radius 2 is 2.19 bits per heavy atom. The van der Waals surface area contributed by atoms with Gasteiger partial charge in [0.15, 0.2) is 5.76 Å². The lowest BCUT2D eigenvalue weighted by molar-refractivity contribution is -0.120. The molecule has 1 amide bonds. The summed E-state index contributed by atoms with van der Waals surface area (Å²) in [6.07, 6.45) is 1.18. The van der Waals surface area contributed by atoms with Crippen molar-refractivity contribution in [2.45, 2.75) is 26.1 Å². The van der Waals surface area contributed by atoms with E-state index in [9.17, 15) is 4.79 Å². The van der Waals surface area contributed by atoms with Crippen molar-refractivity contribution in [3.8, 4) is 6.07 Å². The van der Waals surface area contributed by atoms with Gasteiger partial charge in [-0.25, -0.2) is 0 Å². The van der Waals surface area contributed by atoms with E-state index in [1.165, 1.54) is 0 Å². The molecule has 2 aromatic rings. The Morgan fingerprint density at radius 3 is 2.92 bits per heavy atom. The molecule has 3 rings (SSSR count). The van der Waals surface area contributed by atoms with Gasteiger partial charge >= 0.3 is 0 Å². The Kier molecular flexibility index (Phi) is 6.36. The first-order valence-electron chi connectivity index (χ1n) is 8.58. The number of carbonyl (C=O) groups excluding carboxylic acids is 1. The zero-order chi connectivity index (χ0) is 18.2. The zero-order valence-corrected chi connectivity index (χ0v) is 14.4. The summed E-state index contributed by atoms with van der Waals surface area (Å²) in [6, 6.07) is 11.0. The maximum absolute atomic E-state index is 11.9. The van der Waals surface area contributed by atoms with E-state index in [4.69, 9.17) is 19.3 Å². The molecule has 136 valence electrons. The Balaban J connectivity index is 1.38. The molecule has 1 atom stereocenters. The van der Waals surface area contributed by atoms with Gasteiger partial charge in [-0.15, -0.1) is 0 Å². The highest BCUT2D eigenvalue weighted by atomic mass is 16.5. The number of carbonyl (C=O) groups is 1. The van der Waals surface area contributed by atoms with Crippen LogP contribution < -0.4 is 5.32 Å². The van der Waals surface area contributed by atoms with Crippen LogP contribution in [0.3, 0.4) is 0 Å². The minimum Gasteiger partial charge on any atom is -0.381 e. The summed E-state index contributed by atoms with van der Waals surface area (Å²) < 4.78 is 16.1. The van der Waals surface area contributed by atoms with Gasteiger partial charge in [-0.05, 0) is 24.1 Å². The Labute approximate surface area is 151 Å². The third-order valence-corrected chi connectivity index (χ3v) is 4.16. The smallest absolute Gasteiger partial charge is 0.226 e. The molecule has 2 heterocycles. The SMILES string of the molecule is N#Cc1ccc(COCc2cc(CC(=O)NCC3CCOC3)no2)cc1. The standard InChI is InChI=1S/C19H21N3O4/c20-9-14-1-3-15(4-2-14)11-25-13-18-7-17(22-26-18)8-19(23)21-10-16-5-6-24-12-16/h1-4,7,16H,5-6,8,10-13H2,(H,21,23). The largest absolute Gasteiger partial charge is 0.381 e. The van der Waals surface area contributed by atoms with Crippen LogP contribution in [0.25, 0.3) is 0 Å². The van der Waals surface area contributed by atoms with Crippen molar-refractivity contribution < 1.29 is 18.8 Å². The van der Waals surface area contributed by atoms with Crippen LogP contribution in [0.15, 0.2) is 34.9 Å². The number of hydrogen-bond donors (Lipinski definition) is 1. The van der Waals surface area contributed by atoms with Crippen LogP contribution >= 0.6 is 0 Å². The highest BCUT2D eigenvalue weighted by molar-refractivity contribution is 5.78. The van der Waals surface area contributed by atoms with Gasteiger partial charge in [-0.2, -0.15) is 5.26 Å². The van der Waals surface area contributed by atoms with Crippen molar-refractivity contribution in [1.29, 1.82) is 5.26 Å². The Bertz CT molecular complexity index is 758. The fourth-order valence-electron chi connectivity index (χ4n) is 2.68. The van der Waals surface area contributed by atoms with Crippen molar-refractivity contribution in [1.82, 2.24) is 10.5 Å². The van der Waals surface area contributed by atoms with Gasteiger partial charge in [0.1, 0.15) is 6.61 Å². The van der Waals surface area contributed by atoms with E-state index in [1.54, 1.807) is 18.2 Å². The van der Waals surface area contributed by atoms with Crippen molar-refractivity contribution in [3.63, 3.8) is 0 Å². The number of rotatable bonds is 8. The van der Waals surface area contributed by atoms with Gasteiger partial charge in [0, 0.05) is 25.1 Å². The normalized spacial score (nSPS) is 16.3. The molecule has 0 spiro atoms. The second-order valence-corrected chi connectivity index (χ2v) is 6.30. The average Bonchev–Trinajstić information content (AvgIpc) is 3.33. The van der Waals surface area contributed by atoms with Gasteiger partial charge < -0.3 is 19.3 Å². The molecule has 1 aromatic carbocycles. The molecule has 1 saturated heterocycles. The summed E-state index contributed by atoms with van der Waals surface area (Å²) in [5, 5.41) is 15.6. The van der Waals surface area contributed by atoms with Crippen LogP contribution in [0.2, 0.25) is 0 Å². The number of ether oxygens (including phenoxy) is 2. The van der Waals surface area contributed by atoms with E-state index in [0.29, 0.717) is 42.7 Å². The highest BCUT2D eigenvalue weighted by Crippen LogP contribution is 2.11. The zero-order valence-electron chi connectivity index (χ0n) is 14.4. The molecular weight excluding hydrogens is 334 g/mol. The third kappa shape index (κ3) is 5.41. The van der Waals surface area contributed by atoms with Crippen molar-refractivity contribution in [2.24, 2.45) is 5.92 Å². The average molecular weight is 355 g/mol. The van der Waals surface area contributed by atoms with E-state index in [1.807, 2.05) is 12.1 Å². The summed E-state index contributed by atoms with van der Waals surface area (Å²) in [5.74, 6) is 0.906. The molecule has 1 aliphatic rings. The van der Waals surface area contributed by atoms with Crippen molar-refractivity contribution >= 4 is 5.91 Å². The Hall–Kier alpha value is -2.69. The van der Waals surface area contributed by atoms with Gasteiger partial charge in [-0.3, -0.25) is 4.79 Å². The molecule has 7 heteroatoms. The number of amides is 1. The number of aromatic nitrogens is 1. The predicted octanol–water partition coefficient (Wildman–Crippen LogP) is 1.96. The molecule has 0 aliphatic carbocycles. The van der Waals surface area contributed by atoms with Gasteiger partial charge in [0.25, 0.3) is 0 Å². The van der Waals surface area contributed by atoms with Gasteiger partial charge in [0.05, 0.1) is 37.0 Å². The topological polar surface area (TPSA) is 97.4 Å². The summed E-state index contributed by atoms with van der Waals surface area (Å²) >= 11 is 0. The van der Waals surface area contributed by atoms with Crippen LogP contribution in [0.1, 0.15) is 29.0 Å². The lowest BCUT2D eigenvalue weighted by atomic mass is 10.1. The molecule has 1 unspecified atom stereocenters. The first-order chi connectivity index (χ1) is 12.7. The van der Waals surface area contributed by atoms with E-state index >= 15 is 0 Å². The van der Waals surface area contributed by atoms with E-state index in [2.05, 4.69) is 16.5 Å². The second-order valence-electron chi connectivity index (χ2n) is 6.30. The lowest BCUT2D eigenvalue weighted by Crippen LogP contribution is -2.30. The fourth-order valence-corrected chi connectivity index (χ4v) is 2.68. The molecular formula is C19H21N3O4. The van der Waals surface area contributed by atoms with Gasteiger partial charge in [-0.1, -0.05) is 17.3 Å². The molecule has 7 nitrogen and oxygen atoms in total. The molecule has 1 N–H and O–H groups in total. The first kappa shape index (κ1) is 18.1. The predicted molar refractivity (Wildman–Crippen MR) is 91.8 cm³/mol. The van der Waals surface area contributed by atoms with E-state index < -0.39 is 0 Å². The van der Waals surface area contributed by atoms with Crippen molar-refractivity contribution in [2.75, 3.05) is 19.8 Å². The third-order valence-electron chi connectivity index (χ3n) is 4.16. The van der Waals surface area contributed by atoms with Crippen LogP contribution in [0.5, 0.6) is 0 Å². The number of nitrogens with one attached hydrogen (secondary N) is 1. The van der Waals surface area contributed by atoms with Crippen LogP contribution in [0.4, 0.5) is 0 Å².